The number of halogens is 1. The van der Waals surface area contributed by atoms with Crippen LogP contribution in [-0.2, 0) is 17.8 Å². The number of nitrogens with one attached hydrogen (secondary N) is 1. The minimum Gasteiger partial charge on any atom is -0.493 e. The van der Waals surface area contributed by atoms with E-state index in [-0.39, 0.29) is 11.7 Å². The van der Waals surface area contributed by atoms with E-state index in [1.54, 1.807) is 0 Å². The van der Waals surface area contributed by atoms with E-state index in [1.165, 1.54) is 11.8 Å². The number of hydrogen-bond acceptors (Lipinski definition) is 5. The topological polar surface area (TPSA) is 69.0 Å². The molecule has 1 aromatic heterocycles. The number of nitrogens with zero attached hydrogens (tertiary/aromatic N) is 3. The Kier molecular flexibility index (Phi) is 8.93. The first-order chi connectivity index (χ1) is 15.5. The van der Waals surface area contributed by atoms with Gasteiger partial charge in [-0.1, -0.05) is 42.1 Å². The Morgan fingerprint density at radius 3 is 2.81 bits per heavy atom. The number of hydrogen-bond donors (Lipinski definition) is 1. The highest BCUT2D eigenvalue weighted by atomic mass is 79.9. The summed E-state index contributed by atoms with van der Waals surface area (Å²) in [5, 5.41) is 12.3. The van der Waals surface area contributed by atoms with Gasteiger partial charge in [-0.3, -0.25) is 4.79 Å². The average Bonchev–Trinajstić information content (AvgIpc) is 3.15. The highest BCUT2D eigenvalue weighted by Crippen LogP contribution is 2.24. The first-order valence-corrected chi connectivity index (χ1v) is 12.2. The summed E-state index contributed by atoms with van der Waals surface area (Å²) in [5.41, 5.74) is 3.00. The van der Waals surface area contributed by atoms with Crippen molar-refractivity contribution < 1.29 is 9.53 Å². The van der Waals surface area contributed by atoms with Crippen molar-refractivity contribution in [3.8, 4) is 5.75 Å². The number of benzene rings is 2. The van der Waals surface area contributed by atoms with Crippen LogP contribution in [0.3, 0.4) is 0 Å². The van der Waals surface area contributed by atoms with Crippen LogP contribution in [0, 0.1) is 13.8 Å². The summed E-state index contributed by atoms with van der Waals surface area (Å²) in [6.45, 7) is 9.07. The quantitative estimate of drug-likeness (QED) is 0.205. The third kappa shape index (κ3) is 6.71. The zero-order valence-electron chi connectivity index (χ0n) is 18.3. The van der Waals surface area contributed by atoms with Gasteiger partial charge in [0, 0.05) is 17.4 Å². The molecule has 3 rings (SSSR count). The molecule has 0 aliphatic rings. The van der Waals surface area contributed by atoms with Crippen molar-refractivity contribution in [2.45, 2.75) is 38.4 Å². The zero-order chi connectivity index (χ0) is 22.9. The molecule has 0 radical (unpaired) electrons. The van der Waals surface area contributed by atoms with Crippen molar-refractivity contribution in [1.82, 2.24) is 14.8 Å². The van der Waals surface area contributed by atoms with Crippen LogP contribution in [0.1, 0.15) is 23.4 Å². The van der Waals surface area contributed by atoms with E-state index < -0.39 is 0 Å². The summed E-state index contributed by atoms with van der Waals surface area (Å²) in [7, 11) is 0. The van der Waals surface area contributed by atoms with Crippen LogP contribution in [0.2, 0.25) is 0 Å². The number of rotatable bonds is 11. The first-order valence-electron chi connectivity index (χ1n) is 10.4. The summed E-state index contributed by atoms with van der Waals surface area (Å²) in [6.07, 6.45) is 3.36. The third-order valence-corrected chi connectivity index (χ3v) is 6.35. The van der Waals surface area contributed by atoms with Crippen LogP contribution in [0.15, 0.2) is 64.7 Å². The van der Waals surface area contributed by atoms with E-state index in [0.29, 0.717) is 18.3 Å². The standard InChI is InChI=1S/C24H27BrN4O2S/c1-4-13-29-22(10-7-14-31-21-9-6-5-8-18(21)3)27-28-24(29)32-16-23(30)26-20-12-11-17(2)15-19(20)25/h4-6,8-9,11-12,15H,1,7,10,13-14,16H2,2-3H3,(H,26,30). The summed E-state index contributed by atoms with van der Waals surface area (Å²) >= 11 is 4.85. The Morgan fingerprint density at radius 2 is 2.06 bits per heavy atom. The molecule has 0 spiro atoms. The molecule has 2 aromatic carbocycles. The Labute approximate surface area is 201 Å². The SMILES string of the molecule is C=CCn1c(CCCOc2ccccc2C)nnc1SCC(=O)Nc1ccc(C)cc1Br. The van der Waals surface area contributed by atoms with Gasteiger partial charge in [0.1, 0.15) is 11.6 Å². The van der Waals surface area contributed by atoms with E-state index in [2.05, 4.69) is 38.0 Å². The fraction of sp³-hybridized carbons (Fsp3) is 0.292. The van der Waals surface area contributed by atoms with Crippen molar-refractivity contribution in [3.63, 3.8) is 0 Å². The second-order valence-electron chi connectivity index (χ2n) is 7.34. The number of anilines is 1. The van der Waals surface area contributed by atoms with Crippen molar-refractivity contribution in [2.75, 3.05) is 17.7 Å². The van der Waals surface area contributed by atoms with Crippen LogP contribution in [0.4, 0.5) is 5.69 Å². The number of aryl methyl sites for hydroxylation is 3. The number of carbonyl (C=O) groups excluding carboxylic acids is 1. The first kappa shape index (κ1) is 24.1. The molecule has 6 nitrogen and oxygen atoms in total. The van der Waals surface area contributed by atoms with Crippen molar-refractivity contribution in [1.29, 1.82) is 0 Å². The fourth-order valence-electron chi connectivity index (χ4n) is 3.09. The van der Waals surface area contributed by atoms with E-state index in [1.807, 2.05) is 67.0 Å². The van der Waals surface area contributed by atoms with Crippen molar-refractivity contribution in [2.24, 2.45) is 0 Å². The molecule has 8 heteroatoms. The number of ether oxygens (including phenoxy) is 1. The van der Waals surface area contributed by atoms with Crippen molar-refractivity contribution >= 4 is 39.3 Å². The summed E-state index contributed by atoms with van der Waals surface area (Å²) in [6, 6.07) is 13.8. The maximum absolute atomic E-state index is 12.4. The molecule has 0 fully saturated rings. The molecule has 168 valence electrons. The lowest BCUT2D eigenvalue weighted by atomic mass is 10.2. The van der Waals surface area contributed by atoms with E-state index >= 15 is 0 Å². The Morgan fingerprint density at radius 1 is 1.25 bits per heavy atom. The molecule has 0 unspecified atom stereocenters. The molecular weight excluding hydrogens is 488 g/mol. The van der Waals surface area contributed by atoms with Crippen LogP contribution < -0.4 is 10.1 Å². The normalized spacial score (nSPS) is 10.7. The second-order valence-corrected chi connectivity index (χ2v) is 9.13. The lowest BCUT2D eigenvalue weighted by Crippen LogP contribution is -2.15. The highest BCUT2D eigenvalue weighted by Gasteiger charge is 2.14. The average molecular weight is 515 g/mol. The van der Waals surface area contributed by atoms with E-state index in [9.17, 15) is 4.79 Å². The molecule has 0 aliphatic carbocycles. The largest absolute Gasteiger partial charge is 0.493 e. The van der Waals surface area contributed by atoms with Crippen LogP contribution in [0.25, 0.3) is 0 Å². The molecule has 0 saturated heterocycles. The van der Waals surface area contributed by atoms with Gasteiger partial charge in [-0.05, 0) is 65.5 Å². The number of amides is 1. The van der Waals surface area contributed by atoms with Crippen LogP contribution in [0.5, 0.6) is 5.75 Å². The molecule has 0 atom stereocenters. The van der Waals surface area contributed by atoms with Gasteiger partial charge in [-0.15, -0.1) is 16.8 Å². The number of carbonyl (C=O) groups is 1. The van der Waals surface area contributed by atoms with Crippen LogP contribution in [-0.4, -0.2) is 33.0 Å². The summed E-state index contributed by atoms with van der Waals surface area (Å²) < 4.78 is 8.74. The van der Waals surface area contributed by atoms with Gasteiger partial charge < -0.3 is 14.6 Å². The number of para-hydroxylation sites is 1. The minimum absolute atomic E-state index is 0.0964. The summed E-state index contributed by atoms with van der Waals surface area (Å²) in [5.74, 6) is 1.91. The van der Waals surface area contributed by atoms with Gasteiger partial charge in [0.25, 0.3) is 0 Å². The molecule has 0 bridgehead atoms. The molecule has 1 N–H and O–H groups in total. The smallest absolute Gasteiger partial charge is 0.234 e. The molecule has 1 amide bonds. The monoisotopic (exact) mass is 514 g/mol. The molecule has 0 aliphatic heterocycles. The van der Waals surface area contributed by atoms with Gasteiger partial charge in [-0.2, -0.15) is 0 Å². The van der Waals surface area contributed by atoms with Gasteiger partial charge in [0.05, 0.1) is 18.0 Å². The Hall–Kier alpha value is -2.58. The molecule has 32 heavy (non-hydrogen) atoms. The van der Waals surface area contributed by atoms with Gasteiger partial charge in [-0.25, -0.2) is 0 Å². The molecule has 0 saturated carbocycles. The van der Waals surface area contributed by atoms with Crippen LogP contribution >= 0.6 is 27.7 Å². The number of allylic oxidation sites excluding steroid dienone is 1. The number of thioether (sulfide) groups is 1. The van der Waals surface area contributed by atoms with E-state index in [0.717, 1.165) is 45.7 Å². The minimum atomic E-state index is -0.0964. The lowest BCUT2D eigenvalue weighted by molar-refractivity contribution is -0.113. The van der Waals surface area contributed by atoms with Crippen molar-refractivity contribution in [3.05, 3.63) is 76.5 Å². The maximum atomic E-state index is 12.4. The van der Waals surface area contributed by atoms with Gasteiger partial charge in [0.15, 0.2) is 5.16 Å². The summed E-state index contributed by atoms with van der Waals surface area (Å²) in [4.78, 5) is 12.4. The molecule has 1 heterocycles. The maximum Gasteiger partial charge on any atom is 0.234 e. The zero-order valence-corrected chi connectivity index (χ0v) is 20.7. The number of aromatic nitrogens is 3. The van der Waals surface area contributed by atoms with Gasteiger partial charge >= 0.3 is 0 Å². The molecular formula is C24H27BrN4O2S. The Bertz CT molecular complexity index is 1080. The second kappa shape index (κ2) is 11.9. The fourth-order valence-corrected chi connectivity index (χ4v) is 4.45. The van der Waals surface area contributed by atoms with Gasteiger partial charge in [0.2, 0.25) is 5.91 Å². The highest BCUT2D eigenvalue weighted by molar-refractivity contribution is 9.10. The predicted molar refractivity (Wildman–Crippen MR) is 133 cm³/mol. The third-order valence-electron chi connectivity index (χ3n) is 4.73. The predicted octanol–water partition coefficient (Wildman–Crippen LogP) is 5.59. The van der Waals surface area contributed by atoms with E-state index in [4.69, 9.17) is 4.74 Å². The Balaban J connectivity index is 1.53. The molecule has 3 aromatic rings. The lowest BCUT2D eigenvalue weighted by Gasteiger charge is -2.10.